The molecule has 0 aromatic rings. The first-order valence-corrected chi connectivity index (χ1v) is 11.6. The van der Waals surface area contributed by atoms with Crippen molar-refractivity contribution >= 4 is 17.9 Å². The van der Waals surface area contributed by atoms with Crippen molar-refractivity contribution in [1.82, 2.24) is 15.5 Å². The summed E-state index contributed by atoms with van der Waals surface area (Å²) in [6.45, 7) is 14.8. The van der Waals surface area contributed by atoms with E-state index in [0.717, 1.165) is 38.5 Å². The highest BCUT2D eigenvalue weighted by molar-refractivity contribution is 5.92. The molecule has 176 valence electrons. The van der Waals surface area contributed by atoms with Crippen molar-refractivity contribution < 1.29 is 19.1 Å². The van der Waals surface area contributed by atoms with E-state index in [2.05, 4.69) is 31.1 Å². The fraction of sp³-hybridized carbons (Fsp3) is 0.792. The average molecular weight is 436 g/mol. The number of allylic oxidation sites excluding steroid dienone is 1. The van der Waals surface area contributed by atoms with Crippen LogP contribution in [0, 0.1) is 10.8 Å². The Morgan fingerprint density at radius 2 is 1.74 bits per heavy atom. The highest BCUT2D eigenvalue weighted by atomic mass is 16.6. The van der Waals surface area contributed by atoms with Crippen LogP contribution in [-0.4, -0.2) is 54.1 Å². The van der Waals surface area contributed by atoms with Crippen LogP contribution in [0.1, 0.15) is 79.6 Å². The minimum atomic E-state index is -0.755. The van der Waals surface area contributed by atoms with Gasteiger partial charge in [-0.2, -0.15) is 0 Å². The third-order valence-corrected chi connectivity index (χ3v) is 6.41. The van der Waals surface area contributed by atoms with Crippen LogP contribution in [0.15, 0.2) is 12.7 Å². The van der Waals surface area contributed by atoms with Gasteiger partial charge in [0.2, 0.25) is 11.8 Å². The van der Waals surface area contributed by atoms with Crippen molar-refractivity contribution in [3.05, 3.63) is 12.7 Å². The SMILES string of the molecule is C=CC(C)(C)CCNC(=O)C1CCCN1C(=O)C(NC(=O)OC1CCCC1)C(C)(C)C. The lowest BCUT2D eigenvalue weighted by atomic mass is 9.85. The minimum absolute atomic E-state index is 0.0562. The first kappa shape index (κ1) is 25.2. The van der Waals surface area contributed by atoms with Crippen LogP contribution in [0.5, 0.6) is 0 Å². The van der Waals surface area contributed by atoms with E-state index < -0.39 is 23.6 Å². The van der Waals surface area contributed by atoms with Gasteiger partial charge in [0.1, 0.15) is 18.2 Å². The van der Waals surface area contributed by atoms with Gasteiger partial charge >= 0.3 is 6.09 Å². The van der Waals surface area contributed by atoms with Gasteiger partial charge in [-0.15, -0.1) is 6.58 Å². The maximum Gasteiger partial charge on any atom is 0.408 e. The van der Waals surface area contributed by atoms with Crippen molar-refractivity contribution in [3.8, 4) is 0 Å². The molecule has 0 aromatic heterocycles. The zero-order chi connectivity index (χ0) is 23.2. The van der Waals surface area contributed by atoms with Crippen molar-refractivity contribution in [3.63, 3.8) is 0 Å². The van der Waals surface area contributed by atoms with E-state index >= 15 is 0 Å². The normalized spacial score (nSPS) is 20.9. The molecule has 1 saturated carbocycles. The molecule has 0 bridgehead atoms. The molecule has 2 aliphatic rings. The predicted molar refractivity (Wildman–Crippen MR) is 121 cm³/mol. The molecule has 3 amide bonds. The van der Waals surface area contributed by atoms with E-state index in [1.165, 1.54) is 0 Å². The predicted octanol–water partition coefficient (Wildman–Crippen LogP) is 3.78. The Bertz CT molecular complexity index is 662. The van der Waals surface area contributed by atoms with Gasteiger partial charge in [0, 0.05) is 13.1 Å². The van der Waals surface area contributed by atoms with Crippen molar-refractivity contribution in [2.24, 2.45) is 10.8 Å². The first-order valence-electron chi connectivity index (χ1n) is 11.6. The quantitative estimate of drug-likeness (QED) is 0.568. The van der Waals surface area contributed by atoms with Crippen LogP contribution in [0.2, 0.25) is 0 Å². The molecule has 1 heterocycles. The summed E-state index contributed by atoms with van der Waals surface area (Å²) in [4.78, 5) is 40.3. The van der Waals surface area contributed by atoms with Crippen molar-refractivity contribution in [2.45, 2.75) is 97.8 Å². The maximum absolute atomic E-state index is 13.4. The number of likely N-dealkylation sites (tertiary alicyclic amines) is 1. The monoisotopic (exact) mass is 435 g/mol. The Kier molecular flexibility index (Phi) is 8.55. The number of nitrogens with one attached hydrogen (secondary N) is 2. The van der Waals surface area contributed by atoms with Gasteiger partial charge in [0.05, 0.1) is 0 Å². The maximum atomic E-state index is 13.4. The van der Waals surface area contributed by atoms with Crippen molar-refractivity contribution in [2.75, 3.05) is 13.1 Å². The largest absolute Gasteiger partial charge is 0.446 e. The Morgan fingerprint density at radius 3 is 2.32 bits per heavy atom. The van der Waals surface area contributed by atoms with E-state index in [1.54, 1.807) is 4.90 Å². The smallest absolute Gasteiger partial charge is 0.408 e. The van der Waals surface area contributed by atoms with E-state index in [0.29, 0.717) is 19.5 Å². The topological polar surface area (TPSA) is 87.7 Å². The molecule has 2 fully saturated rings. The highest BCUT2D eigenvalue weighted by Gasteiger charge is 2.42. The fourth-order valence-electron chi connectivity index (χ4n) is 4.15. The Balaban J connectivity index is 2.00. The molecule has 7 heteroatoms. The molecule has 1 aliphatic carbocycles. The zero-order valence-electron chi connectivity index (χ0n) is 20.0. The van der Waals surface area contributed by atoms with Gasteiger partial charge in [-0.1, -0.05) is 40.7 Å². The van der Waals surface area contributed by atoms with Crippen LogP contribution in [-0.2, 0) is 14.3 Å². The van der Waals surface area contributed by atoms with Gasteiger partial charge in [-0.3, -0.25) is 9.59 Å². The summed E-state index contributed by atoms with van der Waals surface area (Å²) in [5.41, 5.74) is -0.567. The lowest BCUT2D eigenvalue weighted by Crippen LogP contribution is -2.58. The minimum Gasteiger partial charge on any atom is -0.446 e. The van der Waals surface area contributed by atoms with E-state index in [9.17, 15) is 14.4 Å². The van der Waals surface area contributed by atoms with Crippen LogP contribution >= 0.6 is 0 Å². The molecule has 7 nitrogen and oxygen atoms in total. The molecular weight excluding hydrogens is 394 g/mol. The van der Waals surface area contributed by atoms with E-state index in [1.807, 2.05) is 26.8 Å². The fourth-order valence-corrected chi connectivity index (χ4v) is 4.15. The first-order chi connectivity index (χ1) is 14.4. The van der Waals surface area contributed by atoms with Crippen molar-refractivity contribution in [1.29, 1.82) is 0 Å². The molecular formula is C24H41N3O4. The molecule has 2 rings (SSSR count). The Hall–Kier alpha value is -2.05. The number of alkyl carbamates (subject to hydrolysis) is 1. The van der Waals surface area contributed by atoms with Gasteiger partial charge in [-0.25, -0.2) is 4.79 Å². The summed E-state index contributed by atoms with van der Waals surface area (Å²) in [5.74, 6) is -0.355. The second kappa shape index (κ2) is 10.5. The number of carbonyl (C=O) groups excluding carboxylic acids is 3. The Morgan fingerprint density at radius 1 is 1.10 bits per heavy atom. The molecule has 31 heavy (non-hydrogen) atoms. The molecule has 0 aromatic carbocycles. The van der Waals surface area contributed by atoms with E-state index in [4.69, 9.17) is 4.74 Å². The number of nitrogens with zero attached hydrogens (tertiary/aromatic N) is 1. The molecule has 2 unspecified atom stereocenters. The Labute approximate surface area is 187 Å². The third kappa shape index (κ3) is 7.25. The van der Waals surface area contributed by atoms with Gasteiger partial charge in [0.25, 0.3) is 0 Å². The van der Waals surface area contributed by atoms with Gasteiger partial charge in [-0.05, 0) is 55.8 Å². The molecule has 2 atom stereocenters. The van der Waals surface area contributed by atoms with Gasteiger partial charge < -0.3 is 20.3 Å². The highest BCUT2D eigenvalue weighted by Crippen LogP contribution is 2.27. The average Bonchev–Trinajstić information content (AvgIpc) is 3.36. The van der Waals surface area contributed by atoms with Crippen LogP contribution in [0.25, 0.3) is 0 Å². The summed E-state index contributed by atoms with van der Waals surface area (Å²) in [6, 6.07) is -1.26. The summed E-state index contributed by atoms with van der Waals surface area (Å²) >= 11 is 0. The number of rotatable bonds is 8. The summed E-state index contributed by atoms with van der Waals surface area (Å²) in [5, 5.41) is 5.77. The summed E-state index contributed by atoms with van der Waals surface area (Å²) in [7, 11) is 0. The number of ether oxygens (including phenoxy) is 1. The number of hydrogen-bond donors (Lipinski definition) is 2. The summed E-state index contributed by atoms with van der Waals surface area (Å²) in [6.07, 6.45) is 7.32. The standard InChI is InChI=1S/C24H41N3O4/c1-7-24(5,6)14-15-25-20(28)18-13-10-16-27(18)21(29)19(23(2,3)4)26-22(30)31-17-11-8-9-12-17/h7,17-19H,1,8-16H2,2-6H3,(H,25,28)(H,26,30). The van der Waals surface area contributed by atoms with Crippen LogP contribution in [0.3, 0.4) is 0 Å². The number of hydrogen-bond acceptors (Lipinski definition) is 4. The number of carbonyl (C=O) groups is 3. The van der Waals surface area contributed by atoms with E-state index in [-0.39, 0.29) is 23.3 Å². The second-order valence-electron chi connectivity index (χ2n) is 10.7. The van der Waals surface area contributed by atoms with Gasteiger partial charge in [0.15, 0.2) is 0 Å². The van der Waals surface area contributed by atoms with Crippen LogP contribution in [0.4, 0.5) is 4.79 Å². The molecule has 1 aliphatic heterocycles. The molecule has 0 radical (unpaired) electrons. The molecule has 1 saturated heterocycles. The lowest BCUT2D eigenvalue weighted by molar-refractivity contribution is -0.142. The van der Waals surface area contributed by atoms with Crippen LogP contribution < -0.4 is 10.6 Å². The summed E-state index contributed by atoms with van der Waals surface area (Å²) < 4.78 is 5.51. The molecule has 2 N–H and O–H groups in total. The molecule has 0 spiro atoms. The number of amides is 3. The second-order valence-corrected chi connectivity index (χ2v) is 10.7. The lowest BCUT2D eigenvalue weighted by Gasteiger charge is -2.35. The third-order valence-electron chi connectivity index (χ3n) is 6.41. The zero-order valence-corrected chi connectivity index (χ0v) is 20.0.